The second kappa shape index (κ2) is 6.43. The Bertz CT molecular complexity index is 399. The number of benzene rings is 1. The van der Waals surface area contributed by atoms with Crippen molar-refractivity contribution in [1.82, 2.24) is 5.32 Å². The SMILES string of the molecule is CCSC1CCCC1NCc1cc(F)ccc1O. The van der Waals surface area contributed by atoms with Crippen LogP contribution in [0.5, 0.6) is 5.75 Å². The minimum atomic E-state index is -0.296. The zero-order valence-corrected chi connectivity index (χ0v) is 11.5. The quantitative estimate of drug-likeness (QED) is 0.860. The Labute approximate surface area is 112 Å². The molecule has 0 aromatic heterocycles. The molecule has 0 spiro atoms. The van der Waals surface area contributed by atoms with Gasteiger partial charge >= 0.3 is 0 Å². The summed E-state index contributed by atoms with van der Waals surface area (Å²) in [6.45, 7) is 2.72. The van der Waals surface area contributed by atoms with Gasteiger partial charge in [0.1, 0.15) is 11.6 Å². The number of aromatic hydroxyl groups is 1. The van der Waals surface area contributed by atoms with E-state index in [4.69, 9.17) is 0 Å². The molecule has 0 heterocycles. The van der Waals surface area contributed by atoms with Crippen LogP contribution in [-0.4, -0.2) is 22.2 Å². The van der Waals surface area contributed by atoms with E-state index in [9.17, 15) is 9.50 Å². The van der Waals surface area contributed by atoms with Gasteiger partial charge in [-0.2, -0.15) is 11.8 Å². The first-order valence-corrected chi connectivity index (χ1v) is 7.58. The van der Waals surface area contributed by atoms with Gasteiger partial charge in [0, 0.05) is 23.4 Å². The molecule has 0 aliphatic heterocycles. The summed E-state index contributed by atoms with van der Waals surface area (Å²) >= 11 is 1.99. The fourth-order valence-electron chi connectivity index (χ4n) is 2.51. The standard InChI is InChI=1S/C14H20FNOS/c1-2-18-14-5-3-4-12(14)16-9-10-8-11(15)6-7-13(10)17/h6-8,12,14,16-17H,2-5,9H2,1H3. The number of thioether (sulfide) groups is 1. The Kier molecular flexibility index (Phi) is 4.89. The van der Waals surface area contributed by atoms with Gasteiger partial charge in [-0.1, -0.05) is 13.3 Å². The third-order valence-electron chi connectivity index (χ3n) is 3.43. The molecule has 2 N–H and O–H groups in total. The molecule has 100 valence electrons. The second-order valence-corrected chi connectivity index (χ2v) is 6.20. The number of phenolic OH excluding ortho intramolecular Hbond substituents is 1. The minimum absolute atomic E-state index is 0.168. The molecule has 18 heavy (non-hydrogen) atoms. The molecule has 1 aromatic rings. The number of nitrogens with one attached hydrogen (secondary N) is 1. The fraction of sp³-hybridized carbons (Fsp3) is 0.571. The molecular weight excluding hydrogens is 249 g/mol. The summed E-state index contributed by atoms with van der Waals surface area (Å²) in [6.07, 6.45) is 3.68. The van der Waals surface area contributed by atoms with Gasteiger partial charge in [-0.05, 0) is 36.8 Å². The van der Waals surface area contributed by atoms with Crippen molar-refractivity contribution in [2.45, 2.75) is 44.0 Å². The molecule has 1 fully saturated rings. The van der Waals surface area contributed by atoms with Gasteiger partial charge in [-0.3, -0.25) is 0 Å². The monoisotopic (exact) mass is 269 g/mol. The molecule has 0 bridgehead atoms. The first-order valence-electron chi connectivity index (χ1n) is 6.53. The Morgan fingerprint density at radius 1 is 1.44 bits per heavy atom. The third kappa shape index (κ3) is 3.39. The van der Waals surface area contributed by atoms with Crippen molar-refractivity contribution in [2.24, 2.45) is 0 Å². The minimum Gasteiger partial charge on any atom is -0.508 e. The smallest absolute Gasteiger partial charge is 0.123 e. The molecule has 1 aliphatic carbocycles. The van der Waals surface area contributed by atoms with E-state index in [0.29, 0.717) is 23.4 Å². The molecule has 2 rings (SSSR count). The van der Waals surface area contributed by atoms with E-state index in [2.05, 4.69) is 12.2 Å². The Balaban J connectivity index is 1.92. The lowest BCUT2D eigenvalue weighted by atomic mass is 10.1. The summed E-state index contributed by atoms with van der Waals surface area (Å²) in [7, 11) is 0. The first-order chi connectivity index (χ1) is 8.70. The molecule has 0 amide bonds. The maximum atomic E-state index is 13.1. The van der Waals surface area contributed by atoms with Crippen molar-refractivity contribution in [3.8, 4) is 5.75 Å². The van der Waals surface area contributed by atoms with Gasteiger partial charge in [0.25, 0.3) is 0 Å². The summed E-state index contributed by atoms with van der Waals surface area (Å²) in [6, 6.07) is 4.58. The summed E-state index contributed by atoms with van der Waals surface area (Å²) in [5, 5.41) is 13.8. The van der Waals surface area contributed by atoms with E-state index in [0.717, 1.165) is 5.75 Å². The van der Waals surface area contributed by atoms with Crippen molar-refractivity contribution >= 4 is 11.8 Å². The lowest BCUT2D eigenvalue weighted by Crippen LogP contribution is -2.33. The Morgan fingerprint density at radius 2 is 2.28 bits per heavy atom. The highest BCUT2D eigenvalue weighted by molar-refractivity contribution is 7.99. The number of halogens is 1. The van der Waals surface area contributed by atoms with Crippen LogP contribution in [0, 0.1) is 5.82 Å². The van der Waals surface area contributed by atoms with Crippen LogP contribution in [0.25, 0.3) is 0 Å². The van der Waals surface area contributed by atoms with Crippen LogP contribution in [0.4, 0.5) is 4.39 Å². The van der Waals surface area contributed by atoms with Gasteiger partial charge in [0.05, 0.1) is 0 Å². The summed E-state index contributed by atoms with van der Waals surface area (Å²) < 4.78 is 13.1. The van der Waals surface area contributed by atoms with E-state index in [-0.39, 0.29) is 11.6 Å². The lowest BCUT2D eigenvalue weighted by molar-refractivity contribution is 0.454. The molecule has 2 nitrogen and oxygen atoms in total. The fourth-order valence-corrected chi connectivity index (χ4v) is 3.74. The lowest BCUT2D eigenvalue weighted by Gasteiger charge is -2.20. The molecular formula is C14H20FNOS. The molecule has 0 radical (unpaired) electrons. The van der Waals surface area contributed by atoms with E-state index < -0.39 is 0 Å². The zero-order valence-electron chi connectivity index (χ0n) is 10.7. The van der Waals surface area contributed by atoms with Crippen LogP contribution in [0.1, 0.15) is 31.7 Å². The van der Waals surface area contributed by atoms with Gasteiger partial charge in [-0.25, -0.2) is 4.39 Å². The van der Waals surface area contributed by atoms with Crippen molar-refractivity contribution in [3.05, 3.63) is 29.6 Å². The summed E-state index contributed by atoms with van der Waals surface area (Å²) in [5.74, 6) is 1.01. The van der Waals surface area contributed by atoms with Gasteiger partial charge in [0.2, 0.25) is 0 Å². The normalized spacial score (nSPS) is 23.4. The summed E-state index contributed by atoms with van der Waals surface area (Å²) in [5.41, 5.74) is 0.641. The van der Waals surface area contributed by atoms with Gasteiger partial charge in [0.15, 0.2) is 0 Å². The molecule has 2 atom stereocenters. The van der Waals surface area contributed by atoms with Crippen LogP contribution >= 0.6 is 11.8 Å². The predicted molar refractivity (Wildman–Crippen MR) is 74.5 cm³/mol. The van der Waals surface area contributed by atoms with Crippen molar-refractivity contribution < 1.29 is 9.50 Å². The average molecular weight is 269 g/mol. The highest BCUT2D eigenvalue weighted by atomic mass is 32.2. The van der Waals surface area contributed by atoms with Crippen LogP contribution < -0.4 is 5.32 Å². The number of rotatable bonds is 5. The number of hydrogen-bond acceptors (Lipinski definition) is 3. The number of phenols is 1. The maximum absolute atomic E-state index is 13.1. The Morgan fingerprint density at radius 3 is 3.06 bits per heavy atom. The topological polar surface area (TPSA) is 32.3 Å². The van der Waals surface area contributed by atoms with Gasteiger partial charge in [-0.15, -0.1) is 0 Å². The molecule has 1 aliphatic rings. The van der Waals surface area contributed by atoms with Crippen molar-refractivity contribution in [3.63, 3.8) is 0 Å². The summed E-state index contributed by atoms with van der Waals surface area (Å²) in [4.78, 5) is 0. The molecule has 1 saturated carbocycles. The van der Waals surface area contributed by atoms with Crippen LogP contribution in [0.15, 0.2) is 18.2 Å². The van der Waals surface area contributed by atoms with E-state index in [1.807, 2.05) is 11.8 Å². The third-order valence-corrected chi connectivity index (χ3v) is 4.76. The predicted octanol–water partition coefficient (Wildman–Crippen LogP) is 3.30. The van der Waals surface area contributed by atoms with Crippen molar-refractivity contribution in [2.75, 3.05) is 5.75 Å². The largest absolute Gasteiger partial charge is 0.508 e. The highest BCUT2D eigenvalue weighted by Crippen LogP contribution is 2.30. The van der Waals surface area contributed by atoms with E-state index >= 15 is 0 Å². The van der Waals surface area contributed by atoms with Crippen molar-refractivity contribution in [1.29, 1.82) is 0 Å². The molecule has 4 heteroatoms. The number of hydrogen-bond donors (Lipinski definition) is 2. The van der Waals surface area contributed by atoms with E-state index in [1.165, 1.54) is 37.5 Å². The van der Waals surface area contributed by atoms with E-state index in [1.54, 1.807) is 0 Å². The van der Waals surface area contributed by atoms with Crippen LogP contribution in [-0.2, 0) is 6.54 Å². The van der Waals surface area contributed by atoms with Crippen LogP contribution in [0.2, 0.25) is 0 Å². The molecule has 1 aromatic carbocycles. The zero-order chi connectivity index (χ0) is 13.0. The van der Waals surface area contributed by atoms with Gasteiger partial charge < -0.3 is 10.4 Å². The molecule has 0 saturated heterocycles. The maximum Gasteiger partial charge on any atom is 0.123 e. The first kappa shape index (κ1) is 13.7. The highest BCUT2D eigenvalue weighted by Gasteiger charge is 2.26. The van der Waals surface area contributed by atoms with Crippen LogP contribution in [0.3, 0.4) is 0 Å². The second-order valence-electron chi connectivity index (χ2n) is 4.69. The molecule has 2 unspecified atom stereocenters. The average Bonchev–Trinajstić information content (AvgIpc) is 2.78. The Hall–Kier alpha value is -0.740.